The molecule has 0 amide bonds. The summed E-state index contributed by atoms with van der Waals surface area (Å²) in [5.74, 6) is 0.269. The fourth-order valence-corrected chi connectivity index (χ4v) is 2.69. The van der Waals surface area contributed by atoms with Crippen molar-refractivity contribution >= 4 is 26.0 Å². The zero-order valence-electron chi connectivity index (χ0n) is 10.4. The molecule has 0 fully saturated rings. The van der Waals surface area contributed by atoms with Gasteiger partial charge in [-0.15, -0.1) is 0 Å². The molecular weight excluding hydrogens is 349 g/mol. The average molecular weight is 360 g/mol. The van der Waals surface area contributed by atoms with Gasteiger partial charge in [-0.05, 0) is 58.7 Å². The highest BCUT2D eigenvalue weighted by atomic mass is 79.9. The van der Waals surface area contributed by atoms with Crippen LogP contribution in [-0.2, 0) is 10.0 Å². The molecule has 106 valence electrons. The predicted octanol–water partition coefficient (Wildman–Crippen LogP) is 3.34. The van der Waals surface area contributed by atoms with Gasteiger partial charge in [0.25, 0.3) is 0 Å². The Balaban J connectivity index is 2.31. The van der Waals surface area contributed by atoms with E-state index in [4.69, 9.17) is 9.88 Å². The standard InChI is InChI=1S/C13H11BrFNO3S/c1-8-6-9(3-5-13(8)20(16,17)18)19-10-2-4-11(14)12(15)7-10/h2-7H,1H3,(H2,16,17,18). The highest BCUT2D eigenvalue weighted by Gasteiger charge is 2.12. The third-order valence-electron chi connectivity index (χ3n) is 2.58. The van der Waals surface area contributed by atoms with Gasteiger partial charge in [-0.3, -0.25) is 0 Å². The molecule has 20 heavy (non-hydrogen) atoms. The van der Waals surface area contributed by atoms with Gasteiger partial charge >= 0.3 is 0 Å². The second-order valence-electron chi connectivity index (χ2n) is 4.15. The van der Waals surface area contributed by atoms with Crippen LogP contribution in [0.25, 0.3) is 0 Å². The Morgan fingerprint density at radius 2 is 1.75 bits per heavy atom. The molecule has 0 saturated heterocycles. The van der Waals surface area contributed by atoms with Crippen LogP contribution < -0.4 is 9.88 Å². The first-order valence-corrected chi connectivity index (χ1v) is 7.87. The molecule has 0 spiro atoms. The van der Waals surface area contributed by atoms with Crippen LogP contribution in [0, 0.1) is 12.7 Å². The number of sulfonamides is 1. The third-order valence-corrected chi connectivity index (χ3v) is 4.29. The Morgan fingerprint density at radius 1 is 1.15 bits per heavy atom. The molecule has 0 radical (unpaired) electrons. The maximum Gasteiger partial charge on any atom is 0.238 e. The largest absolute Gasteiger partial charge is 0.457 e. The molecule has 0 unspecified atom stereocenters. The molecule has 0 aromatic heterocycles. The van der Waals surface area contributed by atoms with Crippen molar-refractivity contribution in [3.05, 3.63) is 52.3 Å². The van der Waals surface area contributed by atoms with E-state index >= 15 is 0 Å². The van der Waals surface area contributed by atoms with Crippen LogP contribution in [-0.4, -0.2) is 8.42 Å². The summed E-state index contributed by atoms with van der Waals surface area (Å²) in [5.41, 5.74) is 0.461. The lowest BCUT2D eigenvalue weighted by atomic mass is 10.2. The summed E-state index contributed by atoms with van der Waals surface area (Å²) < 4.78 is 41.7. The normalized spacial score (nSPS) is 11.4. The van der Waals surface area contributed by atoms with Crippen LogP contribution in [0.3, 0.4) is 0 Å². The third kappa shape index (κ3) is 3.36. The molecule has 2 aromatic carbocycles. The van der Waals surface area contributed by atoms with E-state index in [1.54, 1.807) is 13.0 Å². The highest BCUT2D eigenvalue weighted by molar-refractivity contribution is 9.10. The maximum atomic E-state index is 13.4. The molecule has 0 aliphatic rings. The van der Waals surface area contributed by atoms with Crippen LogP contribution in [0.1, 0.15) is 5.56 Å². The second-order valence-corrected chi connectivity index (χ2v) is 6.53. The Morgan fingerprint density at radius 3 is 2.30 bits per heavy atom. The van der Waals surface area contributed by atoms with Crippen molar-refractivity contribution in [2.24, 2.45) is 5.14 Å². The topological polar surface area (TPSA) is 69.4 Å². The lowest BCUT2D eigenvalue weighted by molar-refractivity contribution is 0.475. The minimum Gasteiger partial charge on any atom is -0.457 e. The van der Waals surface area contributed by atoms with E-state index in [0.29, 0.717) is 21.5 Å². The monoisotopic (exact) mass is 359 g/mol. The number of halogens is 2. The molecule has 0 atom stereocenters. The minimum atomic E-state index is -3.76. The van der Waals surface area contributed by atoms with Crippen LogP contribution in [0.4, 0.5) is 4.39 Å². The molecule has 0 aliphatic carbocycles. The molecule has 4 nitrogen and oxygen atoms in total. The molecule has 7 heteroatoms. The molecule has 2 rings (SSSR count). The van der Waals surface area contributed by atoms with E-state index in [0.717, 1.165) is 0 Å². The lowest BCUT2D eigenvalue weighted by Crippen LogP contribution is -2.13. The number of primary sulfonamides is 1. The summed E-state index contributed by atoms with van der Waals surface area (Å²) in [6.45, 7) is 1.61. The minimum absolute atomic E-state index is 0.0341. The van der Waals surface area contributed by atoms with Gasteiger partial charge in [0.15, 0.2) is 0 Å². The average Bonchev–Trinajstić information content (AvgIpc) is 2.32. The Hall–Kier alpha value is -1.44. The van der Waals surface area contributed by atoms with Crippen molar-refractivity contribution in [1.29, 1.82) is 0 Å². The number of hydrogen-bond donors (Lipinski definition) is 1. The van der Waals surface area contributed by atoms with Gasteiger partial charge in [0.2, 0.25) is 10.0 Å². The van der Waals surface area contributed by atoms with Crippen molar-refractivity contribution in [3.63, 3.8) is 0 Å². The summed E-state index contributed by atoms with van der Waals surface area (Å²) in [6, 6.07) is 8.70. The quantitative estimate of drug-likeness (QED) is 0.913. The van der Waals surface area contributed by atoms with E-state index in [2.05, 4.69) is 15.9 Å². The zero-order valence-corrected chi connectivity index (χ0v) is 12.8. The fraction of sp³-hybridized carbons (Fsp3) is 0.0769. The first-order chi connectivity index (χ1) is 9.27. The Kier molecular flexibility index (Phi) is 4.12. The van der Waals surface area contributed by atoms with Gasteiger partial charge in [-0.1, -0.05) is 0 Å². The van der Waals surface area contributed by atoms with Gasteiger partial charge in [0.1, 0.15) is 17.3 Å². The van der Waals surface area contributed by atoms with E-state index in [1.165, 1.54) is 30.3 Å². The molecule has 0 heterocycles. The number of nitrogens with two attached hydrogens (primary N) is 1. The van der Waals surface area contributed by atoms with Crippen LogP contribution in [0.15, 0.2) is 45.8 Å². The van der Waals surface area contributed by atoms with E-state index in [-0.39, 0.29) is 4.90 Å². The van der Waals surface area contributed by atoms with Crippen molar-refractivity contribution < 1.29 is 17.5 Å². The van der Waals surface area contributed by atoms with Gasteiger partial charge < -0.3 is 4.74 Å². The molecule has 0 saturated carbocycles. The summed E-state index contributed by atoms with van der Waals surface area (Å²) in [4.78, 5) is 0.0341. The van der Waals surface area contributed by atoms with Gasteiger partial charge in [-0.2, -0.15) is 0 Å². The van der Waals surface area contributed by atoms with Gasteiger partial charge in [0, 0.05) is 6.07 Å². The predicted molar refractivity (Wildman–Crippen MR) is 76.7 cm³/mol. The molecular formula is C13H11BrFNO3S. The fourth-order valence-electron chi connectivity index (χ4n) is 1.68. The number of rotatable bonds is 3. The number of benzene rings is 2. The van der Waals surface area contributed by atoms with Gasteiger partial charge in [0.05, 0.1) is 9.37 Å². The van der Waals surface area contributed by atoms with Crippen LogP contribution >= 0.6 is 15.9 Å². The summed E-state index contributed by atoms with van der Waals surface area (Å²) in [7, 11) is -3.76. The lowest BCUT2D eigenvalue weighted by Gasteiger charge is -2.09. The highest BCUT2D eigenvalue weighted by Crippen LogP contribution is 2.27. The first-order valence-electron chi connectivity index (χ1n) is 5.54. The van der Waals surface area contributed by atoms with Crippen molar-refractivity contribution in [2.45, 2.75) is 11.8 Å². The van der Waals surface area contributed by atoms with Crippen molar-refractivity contribution in [3.8, 4) is 11.5 Å². The Bertz CT molecular complexity index is 762. The number of ether oxygens (including phenoxy) is 1. The summed E-state index contributed by atoms with van der Waals surface area (Å²) in [5, 5.41) is 5.07. The van der Waals surface area contributed by atoms with Crippen molar-refractivity contribution in [1.82, 2.24) is 0 Å². The summed E-state index contributed by atoms with van der Waals surface area (Å²) in [6.07, 6.45) is 0. The maximum absolute atomic E-state index is 13.4. The first kappa shape index (κ1) is 15.0. The molecule has 2 N–H and O–H groups in total. The van der Waals surface area contributed by atoms with Crippen molar-refractivity contribution in [2.75, 3.05) is 0 Å². The Labute approximate surface area is 124 Å². The SMILES string of the molecule is Cc1cc(Oc2ccc(Br)c(F)c2)ccc1S(N)(=O)=O. The van der Waals surface area contributed by atoms with Crippen LogP contribution in [0.5, 0.6) is 11.5 Å². The van der Waals surface area contributed by atoms with Crippen LogP contribution in [0.2, 0.25) is 0 Å². The molecule has 0 aliphatic heterocycles. The number of hydrogen-bond acceptors (Lipinski definition) is 3. The zero-order chi connectivity index (χ0) is 14.9. The summed E-state index contributed by atoms with van der Waals surface area (Å²) >= 11 is 3.05. The van der Waals surface area contributed by atoms with Gasteiger partial charge in [-0.25, -0.2) is 17.9 Å². The molecule has 2 aromatic rings. The molecule has 0 bridgehead atoms. The van der Waals surface area contributed by atoms with E-state index in [1.807, 2.05) is 0 Å². The van der Waals surface area contributed by atoms with E-state index < -0.39 is 15.8 Å². The smallest absolute Gasteiger partial charge is 0.238 e. The second kappa shape index (κ2) is 5.51. The van der Waals surface area contributed by atoms with E-state index in [9.17, 15) is 12.8 Å². The number of aryl methyl sites for hydroxylation is 1.